The van der Waals surface area contributed by atoms with Crippen molar-refractivity contribution < 1.29 is 14.6 Å². The number of methoxy groups -OCH3 is 1. The standard InChI is InChI=1S/C17H23NO3/c1-12-5-6-13(10-15(12)21-2)17(7-8-17)16(20)18-9-3-4-14(19)11-18/h5-6,10,14,19H,3-4,7-9,11H2,1-2H3. The summed E-state index contributed by atoms with van der Waals surface area (Å²) in [6.45, 7) is 3.25. The van der Waals surface area contributed by atoms with Crippen LogP contribution in [0.3, 0.4) is 0 Å². The van der Waals surface area contributed by atoms with Gasteiger partial charge in [-0.25, -0.2) is 0 Å². The Morgan fingerprint density at radius 1 is 1.43 bits per heavy atom. The topological polar surface area (TPSA) is 49.8 Å². The van der Waals surface area contributed by atoms with Crippen LogP contribution in [0.15, 0.2) is 18.2 Å². The van der Waals surface area contributed by atoms with E-state index in [0.717, 1.165) is 49.1 Å². The summed E-state index contributed by atoms with van der Waals surface area (Å²) in [5, 5.41) is 9.79. The molecule has 21 heavy (non-hydrogen) atoms. The number of amides is 1. The molecule has 1 unspecified atom stereocenters. The molecular formula is C17H23NO3. The second-order valence-electron chi connectivity index (χ2n) is 6.31. The summed E-state index contributed by atoms with van der Waals surface area (Å²) in [7, 11) is 1.66. The predicted octanol–water partition coefficient (Wildman–Crippen LogP) is 2.02. The molecule has 2 aliphatic rings. The molecule has 1 aromatic rings. The Morgan fingerprint density at radius 3 is 2.81 bits per heavy atom. The van der Waals surface area contributed by atoms with Gasteiger partial charge in [0.1, 0.15) is 5.75 Å². The van der Waals surface area contributed by atoms with E-state index in [1.807, 2.05) is 30.0 Å². The highest BCUT2D eigenvalue weighted by Gasteiger charge is 2.53. The van der Waals surface area contributed by atoms with Crippen LogP contribution < -0.4 is 4.74 Å². The first kappa shape index (κ1) is 14.4. The predicted molar refractivity (Wildman–Crippen MR) is 80.5 cm³/mol. The van der Waals surface area contributed by atoms with Crippen LogP contribution in [0.25, 0.3) is 0 Å². The average molecular weight is 289 g/mol. The van der Waals surface area contributed by atoms with E-state index in [1.54, 1.807) is 7.11 Å². The van der Waals surface area contributed by atoms with E-state index in [-0.39, 0.29) is 17.4 Å². The van der Waals surface area contributed by atoms with E-state index in [9.17, 15) is 9.90 Å². The largest absolute Gasteiger partial charge is 0.496 e. The van der Waals surface area contributed by atoms with E-state index in [0.29, 0.717) is 6.54 Å². The lowest BCUT2D eigenvalue weighted by Gasteiger charge is -2.33. The number of rotatable bonds is 3. The number of carbonyl (C=O) groups excluding carboxylic acids is 1. The summed E-state index contributed by atoms with van der Waals surface area (Å²) in [5.41, 5.74) is 1.76. The van der Waals surface area contributed by atoms with Crippen LogP contribution in [0.1, 0.15) is 36.8 Å². The van der Waals surface area contributed by atoms with E-state index < -0.39 is 0 Å². The van der Waals surface area contributed by atoms with E-state index in [4.69, 9.17) is 4.74 Å². The third-order valence-electron chi connectivity index (χ3n) is 4.80. The van der Waals surface area contributed by atoms with E-state index in [1.165, 1.54) is 0 Å². The summed E-state index contributed by atoms with van der Waals surface area (Å²) in [6, 6.07) is 6.07. The third-order valence-corrected chi connectivity index (χ3v) is 4.80. The minimum atomic E-state index is -0.377. The number of hydrogen-bond donors (Lipinski definition) is 1. The number of carbonyl (C=O) groups is 1. The molecule has 2 fully saturated rings. The van der Waals surface area contributed by atoms with Crippen LogP contribution in [0, 0.1) is 6.92 Å². The number of β-amino-alcohol motifs (C(OH)–C–C–N with tert-alkyl or cyclic N) is 1. The zero-order valence-electron chi connectivity index (χ0n) is 12.8. The van der Waals surface area contributed by atoms with Gasteiger partial charge in [-0.2, -0.15) is 0 Å². The Balaban J connectivity index is 1.85. The van der Waals surface area contributed by atoms with Crippen molar-refractivity contribution in [3.63, 3.8) is 0 Å². The van der Waals surface area contributed by atoms with E-state index >= 15 is 0 Å². The Morgan fingerprint density at radius 2 is 2.19 bits per heavy atom. The van der Waals surface area contributed by atoms with Crippen LogP contribution in [0.4, 0.5) is 0 Å². The van der Waals surface area contributed by atoms with Crippen LogP contribution >= 0.6 is 0 Å². The van der Waals surface area contributed by atoms with Gasteiger partial charge in [-0.05, 0) is 49.8 Å². The molecule has 3 rings (SSSR count). The molecule has 1 aliphatic heterocycles. The molecule has 1 aliphatic carbocycles. The monoisotopic (exact) mass is 289 g/mol. The summed E-state index contributed by atoms with van der Waals surface area (Å²) >= 11 is 0. The van der Waals surface area contributed by atoms with Crippen molar-refractivity contribution in [3.8, 4) is 5.75 Å². The minimum Gasteiger partial charge on any atom is -0.496 e. The fourth-order valence-corrected chi connectivity index (χ4v) is 3.31. The first-order chi connectivity index (χ1) is 10.1. The summed E-state index contributed by atoms with van der Waals surface area (Å²) in [5.74, 6) is 1.01. The highest BCUT2D eigenvalue weighted by molar-refractivity contribution is 5.91. The van der Waals surface area contributed by atoms with Gasteiger partial charge in [-0.3, -0.25) is 4.79 Å². The Labute approximate surface area is 125 Å². The number of likely N-dealkylation sites (tertiary alicyclic amines) is 1. The lowest BCUT2D eigenvalue weighted by molar-refractivity contribution is -0.137. The molecule has 0 radical (unpaired) electrons. The van der Waals surface area contributed by atoms with Crippen molar-refractivity contribution >= 4 is 5.91 Å². The molecule has 1 saturated carbocycles. The number of piperidine rings is 1. The lowest BCUT2D eigenvalue weighted by atomic mass is 9.92. The number of ether oxygens (including phenoxy) is 1. The highest BCUT2D eigenvalue weighted by Crippen LogP contribution is 2.50. The van der Waals surface area contributed by atoms with Crippen LogP contribution in [0.2, 0.25) is 0 Å². The van der Waals surface area contributed by atoms with Gasteiger partial charge in [0.15, 0.2) is 0 Å². The number of aliphatic hydroxyl groups excluding tert-OH is 1. The molecule has 0 spiro atoms. The van der Waals surface area contributed by atoms with Crippen LogP contribution in [-0.4, -0.2) is 42.2 Å². The number of benzene rings is 1. The first-order valence-electron chi connectivity index (χ1n) is 7.69. The maximum atomic E-state index is 12.9. The maximum absolute atomic E-state index is 12.9. The number of aliphatic hydroxyl groups is 1. The Kier molecular flexibility index (Phi) is 3.66. The van der Waals surface area contributed by atoms with E-state index in [2.05, 4.69) is 0 Å². The van der Waals surface area contributed by atoms with Crippen molar-refractivity contribution in [3.05, 3.63) is 29.3 Å². The lowest BCUT2D eigenvalue weighted by Crippen LogP contribution is -2.46. The fraction of sp³-hybridized carbons (Fsp3) is 0.588. The molecule has 0 aromatic heterocycles. The zero-order chi connectivity index (χ0) is 15.0. The quantitative estimate of drug-likeness (QED) is 0.926. The smallest absolute Gasteiger partial charge is 0.233 e. The van der Waals surface area contributed by atoms with Gasteiger partial charge in [-0.15, -0.1) is 0 Å². The maximum Gasteiger partial charge on any atom is 0.233 e. The van der Waals surface area contributed by atoms with Crippen molar-refractivity contribution in [1.82, 2.24) is 4.90 Å². The van der Waals surface area contributed by atoms with Gasteiger partial charge < -0.3 is 14.7 Å². The normalized spacial score (nSPS) is 23.8. The molecule has 1 atom stereocenters. The summed E-state index contributed by atoms with van der Waals surface area (Å²) in [4.78, 5) is 14.7. The molecule has 0 bridgehead atoms. The molecule has 1 saturated heterocycles. The molecule has 1 aromatic carbocycles. The summed E-state index contributed by atoms with van der Waals surface area (Å²) < 4.78 is 5.39. The number of hydrogen-bond acceptors (Lipinski definition) is 3. The fourth-order valence-electron chi connectivity index (χ4n) is 3.31. The molecule has 1 heterocycles. The second-order valence-corrected chi connectivity index (χ2v) is 6.31. The Bertz CT molecular complexity index is 551. The van der Waals surface area contributed by atoms with Crippen molar-refractivity contribution in [2.24, 2.45) is 0 Å². The van der Waals surface area contributed by atoms with Gasteiger partial charge in [0.25, 0.3) is 0 Å². The molecule has 4 heteroatoms. The van der Waals surface area contributed by atoms with Crippen molar-refractivity contribution in [1.29, 1.82) is 0 Å². The molecule has 4 nitrogen and oxygen atoms in total. The van der Waals surface area contributed by atoms with Crippen LogP contribution in [-0.2, 0) is 10.2 Å². The van der Waals surface area contributed by atoms with Crippen molar-refractivity contribution in [2.75, 3.05) is 20.2 Å². The molecule has 1 N–H and O–H groups in total. The van der Waals surface area contributed by atoms with Crippen LogP contribution in [0.5, 0.6) is 5.75 Å². The highest BCUT2D eigenvalue weighted by atomic mass is 16.5. The SMILES string of the molecule is COc1cc(C2(C(=O)N3CCCC(O)C3)CC2)ccc1C. The van der Waals surface area contributed by atoms with Gasteiger partial charge >= 0.3 is 0 Å². The molecular weight excluding hydrogens is 266 g/mol. The Hall–Kier alpha value is -1.55. The third kappa shape index (κ3) is 2.53. The zero-order valence-corrected chi connectivity index (χ0v) is 12.8. The van der Waals surface area contributed by atoms with Gasteiger partial charge in [0.2, 0.25) is 5.91 Å². The summed E-state index contributed by atoms with van der Waals surface area (Å²) in [6.07, 6.45) is 3.11. The number of aryl methyl sites for hydroxylation is 1. The molecule has 114 valence electrons. The average Bonchev–Trinajstić information content (AvgIpc) is 3.28. The number of nitrogens with zero attached hydrogens (tertiary/aromatic N) is 1. The van der Waals surface area contributed by atoms with Crippen molar-refractivity contribution in [2.45, 2.75) is 44.1 Å². The molecule has 1 amide bonds. The van der Waals surface area contributed by atoms with Gasteiger partial charge in [0.05, 0.1) is 18.6 Å². The minimum absolute atomic E-state index is 0.173. The van der Waals surface area contributed by atoms with Gasteiger partial charge in [0, 0.05) is 13.1 Å². The first-order valence-corrected chi connectivity index (χ1v) is 7.69. The second kappa shape index (κ2) is 5.34. The van der Waals surface area contributed by atoms with Gasteiger partial charge in [-0.1, -0.05) is 12.1 Å².